The summed E-state index contributed by atoms with van der Waals surface area (Å²) in [4.78, 5) is 28.0. The molecule has 4 nitrogen and oxygen atoms in total. The number of carbonyl (C=O) groups excluding carboxylic acids is 2. The molecule has 2 aromatic rings. The molecule has 0 N–H and O–H groups in total. The Labute approximate surface area is 165 Å². The van der Waals surface area contributed by atoms with Gasteiger partial charge in [-0.15, -0.1) is 11.3 Å². The molecule has 1 aliphatic heterocycles. The molecule has 3 rings (SSSR count). The molecule has 144 valence electrons. The molecule has 0 amide bonds. The van der Waals surface area contributed by atoms with Crippen LogP contribution < -0.4 is 0 Å². The van der Waals surface area contributed by atoms with Crippen LogP contribution >= 0.6 is 11.3 Å². The molecule has 1 aromatic heterocycles. The lowest BCUT2D eigenvalue weighted by molar-refractivity contribution is -0.156. The average Bonchev–Trinajstić information content (AvgIpc) is 3.23. The van der Waals surface area contributed by atoms with Crippen LogP contribution in [0.4, 0.5) is 0 Å². The number of rotatable bonds is 7. The molecule has 2 heterocycles. The van der Waals surface area contributed by atoms with Crippen molar-refractivity contribution in [1.29, 1.82) is 0 Å². The fourth-order valence-corrected chi connectivity index (χ4v) is 4.28. The number of ketones is 1. The van der Waals surface area contributed by atoms with Crippen molar-refractivity contribution in [2.24, 2.45) is 5.92 Å². The van der Waals surface area contributed by atoms with E-state index < -0.39 is 0 Å². The Morgan fingerprint density at radius 1 is 1.22 bits per heavy atom. The normalized spacial score (nSPS) is 21.6. The maximum Gasteiger partial charge on any atom is 0.313 e. The standard InChI is InChI=1S/C22H27NO3S/c1-3-17-11-12-23(14-19(24)21-10-7-13-27-21)15-20(17)26-22(25)16(2)18-8-5-4-6-9-18/h4-10,13,16-17,20H,3,11-12,14-15H2,1-2H3/t16?,17?,20-/m0/s1. The van der Waals surface area contributed by atoms with E-state index in [-0.39, 0.29) is 23.8 Å². The summed E-state index contributed by atoms with van der Waals surface area (Å²) in [6.45, 7) is 5.91. The number of benzene rings is 1. The first-order chi connectivity index (χ1) is 13.1. The van der Waals surface area contributed by atoms with Crippen LogP contribution in [0.3, 0.4) is 0 Å². The van der Waals surface area contributed by atoms with Crippen molar-refractivity contribution in [3.05, 3.63) is 58.3 Å². The summed E-state index contributed by atoms with van der Waals surface area (Å²) in [5.74, 6) is 0.0237. The van der Waals surface area contributed by atoms with Crippen LogP contribution in [0.5, 0.6) is 0 Å². The Kier molecular flexibility index (Phi) is 6.80. The number of esters is 1. The van der Waals surface area contributed by atoms with Crippen molar-refractivity contribution >= 4 is 23.1 Å². The fourth-order valence-electron chi connectivity index (χ4n) is 3.62. The molecule has 0 radical (unpaired) electrons. The molecular weight excluding hydrogens is 358 g/mol. The van der Waals surface area contributed by atoms with E-state index in [0.717, 1.165) is 29.8 Å². The number of hydrogen-bond donors (Lipinski definition) is 0. The van der Waals surface area contributed by atoms with Gasteiger partial charge in [-0.1, -0.05) is 43.3 Å². The van der Waals surface area contributed by atoms with Gasteiger partial charge in [0.05, 0.1) is 17.3 Å². The summed E-state index contributed by atoms with van der Waals surface area (Å²) in [5.41, 5.74) is 0.969. The predicted molar refractivity (Wildman–Crippen MR) is 108 cm³/mol. The van der Waals surface area contributed by atoms with Crippen molar-refractivity contribution in [3.63, 3.8) is 0 Å². The summed E-state index contributed by atoms with van der Waals surface area (Å²) in [6, 6.07) is 13.5. The van der Waals surface area contributed by atoms with Crippen LogP contribution in [0.15, 0.2) is 47.8 Å². The maximum absolute atomic E-state index is 12.7. The van der Waals surface area contributed by atoms with E-state index >= 15 is 0 Å². The minimum absolute atomic E-state index is 0.141. The smallest absolute Gasteiger partial charge is 0.313 e. The van der Waals surface area contributed by atoms with Gasteiger partial charge in [-0.3, -0.25) is 14.5 Å². The largest absolute Gasteiger partial charge is 0.460 e. The van der Waals surface area contributed by atoms with Gasteiger partial charge < -0.3 is 4.74 Å². The predicted octanol–water partition coefficient (Wildman–Crippen LogP) is 4.38. The highest BCUT2D eigenvalue weighted by molar-refractivity contribution is 7.12. The van der Waals surface area contributed by atoms with Crippen LogP contribution in [0, 0.1) is 5.92 Å². The first kappa shape index (κ1) is 19.8. The van der Waals surface area contributed by atoms with Crippen LogP contribution in [0.1, 0.15) is 47.8 Å². The minimum Gasteiger partial charge on any atom is -0.460 e. The third kappa shape index (κ3) is 5.05. The monoisotopic (exact) mass is 385 g/mol. The number of carbonyl (C=O) groups is 2. The number of thiophene rings is 1. The van der Waals surface area contributed by atoms with E-state index in [9.17, 15) is 9.59 Å². The highest BCUT2D eigenvalue weighted by Crippen LogP contribution is 2.26. The zero-order valence-electron chi connectivity index (χ0n) is 16.0. The van der Waals surface area contributed by atoms with Crippen molar-refractivity contribution in [1.82, 2.24) is 4.90 Å². The maximum atomic E-state index is 12.7. The summed E-state index contributed by atoms with van der Waals surface area (Å²) in [7, 11) is 0. The van der Waals surface area contributed by atoms with Gasteiger partial charge >= 0.3 is 5.97 Å². The number of nitrogens with zero attached hydrogens (tertiary/aromatic N) is 1. The lowest BCUT2D eigenvalue weighted by atomic mass is 9.91. The number of piperidine rings is 1. The molecule has 0 bridgehead atoms. The summed E-state index contributed by atoms with van der Waals surface area (Å²) < 4.78 is 5.92. The fraction of sp³-hybridized carbons (Fsp3) is 0.455. The molecule has 1 aromatic carbocycles. The zero-order valence-corrected chi connectivity index (χ0v) is 16.8. The lowest BCUT2D eigenvalue weighted by Crippen LogP contribution is -2.47. The average molecular weight is 386 g/mol. The second kappa shape index (κ2) is 9.29. The molecule has 27 heavy (non-hydrogen) atoms. The van der Waals surface area contributed by atoms with Crippen molar-refractivity contribution in [2.45, 2.75) is 38.7 Å². The van der Waals surface area contributed by atoms with E-state index in [2.05, 4.69) is 11.8 Å². The van der Waals surface area contributed by atoms with E-state index in [4.69, 9.17) is 4.74 Å². The van der Waals surface area contributed by atoms with Crippen LogP contribution in [-0.4, -0.2) is 42.4 Å². The molecule has 2 unspecified atom stereocenters. The van der Waals surface area contributed by atoms with E-state index in [1.54, 1.807) is 0 Å². The number of Topliss-reactive ketones (excluding diaryl/α,β-unsaturated/α-hetero) is 1. The first-order valence-corrected chi connectivity index (χ1v) is 10.5. The molecule has 0 aliphatic carbocycles. The Bertz CT molecular complexity index is 744. The summed E-state index contributed by atoms with van der Waals surface area (Å²) in [6.07, 6.45) is 1.77. The molecule has 0 saturated carbocycles. The number of likely N-dealkylation sites (tertiary alicyclic amines) is 1. The number of ether oxygens (including phenoxy) is 1. The molecular formula is C22H27NO3S. The van der Waals surface area contributed by atoms with Gasteiger partial charge in [-0.25, -0.2) is 0 Å². The highest BCUT2D eigenvalue weighted by Gasteiger charge is 2.33. The highest BCUT2D eigenvalue weighted by atomic mass is 32.1. The van der Waals surface area contributed by atoms with E-state index in [0.29, 0.717) is 19.0 Å². The van der Waals surface area contributed by atoms with Crippen LogP contribution in [0.2, 0.25) is 0 Å². The zero-order chi connectivity index (χ0) is 19.2. The quantitative estimate of drug-likeness (QED) is 0.524. The second-order valence-corrected chi connectivity index (χ2v) is 8.15. The number of hydrogen-bond acceptors (Lipinski definition) is 5. The topological polar surface area (TPSA) is 46.6 Å². The van der Waals surface area contributed by atoms with Gasteiger partial charge in [0.1, 0.15) is 6.10 Å². The second-order valence-electron chi connectivity index (χ2n) is 7.20. The van der Waals surface area contributed by atoms with E-state index in [1.807, 2.05) is 54.8 Å². The first-order valence-electron chi connectivity index (χ1n) is 9.63. The van der Waals surface area contributed by atoms with Gasteiger partial charge in [-0.05, 0) is 49.2 Å². The Balaban J connectivity index is 1.61. The SMILES string of the molecule is CCC1CCN(CC(=O)c2cccs2)C[C@@H]1OC(=O)C(C)c1ccccc1. The Hall–Kier alpha value is -1.98. The molecule has 1 saturated heterocycles. The van der Waals surface area contributed by atoms with Gasteiger partial charge in [0, 0.05) is 6.54 Å². The van der Waals surface area contributed by atoms with Crippen LogP contribution in [0.25, 0.3) is 0 Å². The molecule has 1 aliphatic rings. The Morgan fingerprint density at radius 2 is 2.00 bits per heavy atom. The van der Waals surface area contributed by atoms with Crippen molar-refractivity contribution < 1.29 is 14.3 Å². The summed E-state index contributed by atoms with van der Waals surface area (Å²) in [5, 5.41) is 1.92. The third-order valence-corrected chi connectivity index (χ3v) is 6.30. The van der Waals surface area contributed by atoms with Gasteiger partial charge in [0.2, 0.25) is 0 Å². The van der Waals surface area contributed by atoms with Gasteiger partial charge in [0.15, 0.2) is 5.78 Å². The molecule has 0 spiro atoms. The Morgan fingerprint density at radius 3 is 2.67 bits per heavy atom. The van der Waals surface area contributed by atoms with Crippen molar-refractivity contribution in [3.8, 4) is 0 Å². The minimum atomic E-state index is -0.285. The third-order valence-electron chi connectivity index (χ3n) is 5.39. The van der Waals surface area contributed by atoms with Crippen LogP contribution in [-0.2, 0) is 9.53 Å². The van der Waals surface area contributed by atoms with Gasteiger partial charge in [0.25, 0.3) is 0 Å². The van der Waals surface area contributed by atoms with Crippen molar-refractivity contribution in [2.75, 3.05) is 19.6 Å². The molecule has 3 atom stereocenters. The molecule has 1 fully saturated rings. The summed E-state index contributed by atoms with van der Waals surface area (Å²) >= 11 is 1.48. The molecule has 5 heteroatoms. The lowest BCUT2D eigenvalue weighted by Gasteiger charge is -2.37. The van der Waals surface area contributed by atoms with E-state index in [1.165, 1.54) is 11.3 Å². The van der Waals surface area contributed by atoms with Gasteiger partial charge in [-0.2, -0.15) is 0 Å².